The van der Waals surface area contributed by atoms with Gasteiger partial charge in [0.05, 0.1) is 13.0 Å². The van der Waals surface area contributed by atoms with Gasteiger partial charge in [-0.15, -0.1) is 0 Å². The van der Waals surface area contributed by atoms with Gasteiger partial charge in [0.1, 0.15) is 0 Å². The summed E-state index contributed by atoms with van der Waals surface area (Å²) >= 11 is 5.68. The van der Waals surface area contributed by atoms with Crippen LogP contribution in [0.1, 0.15) is 97.3 Å². The van der Waals surface area contributed by atoms with E-state index < -0.39 is 0 Å². The molecule has 2 nitrogen and oxygen atoms in total. The molecule has 0 aliphatic rings. The van der Waals surface area contributed by atoms with E-state index in [1.807, 2.05) is 0 Å². The number of carbonyl (C=O) groups is 1. The molecule has 0 aliphatic carbocycles. The number of carbonyl (C=O) groups excluding carboxylic acids is 1. The predicted octanol–water partition coefficient (Wildman–Crippen LogP) is 6.14. The van der Waals surface area contributed by atoms with Gasteiger partial charge in [0.15, 0.2) is 0 Å². The Hall–Kier alpha value is 0.619. The number of esters is 1. The first-order valence-electron chi connectivity index (χ1n) is 9.63. The standard InChI is InChI=1S/C15H30O2S.C4H9.Sn/c1-2-3-4-5-6-7-8-9-10-11-13-17-15(16)12-14-18;1-3-4-2;/h18H,2-14H2,1H3;1,3-4H2,2H3;. The molecule has 0 rings (SSSR count). The predicted molar refractivity (Wildman–Crippen MR) is 107 cm³/mol. The van der Waals surface area contributed by atoms with Crippen molar-refractivity contribution in [2.45, 2.75) is 102 Å². The van der Waals surface area contributed by atoms with E-state index in [4.69, 9.17) is 4.74 Å². The van der Waals surface area contributed by atoms with Crippen LogP contribution in [0.25, 0.3) is 0 Å². The van der Waals surface area contributed by atoms with Crippen LogP contribution in [-0.4, -0.2) is 40.9 Å². The summed E-state index contributed by atoms with van der Waals surface area (Å²) in [6, 6.07) is 0. The Morgan fingerprint density at radius 2 is 1.30 bits per heavy atom. The van der Waals surface area contributed by atoms with Gasteiger partial charge < -0.3 is 4.74 Å². The molecule has 4 heteroatoms. The van der Waals surface area contributed by atoms with E-state index in [2.05, 4.69) is 26.5 Å². The Balaban J connectivity index is 0. The van der Waals surface area contributed by atoms with Crippen molar-refractivity contribution in [3.8, 4) is 0 Å². The number of rotatable bonds is 15. The van der Waals surface area contributed by atoms with Crippen LogP contribution in [-0.2, 0) is 9.53 Å². The molecule has 0 atom stereocenters. The number of ether oxygens (including phenoxy) is 1. The third kappa shape index (κ3) is 27.7. The quantitative estimate of drug-likeness (QED) is 0.140. The van der Waals surface area contributed by atoms with E-state index in [1.165, 1.54) is 75.1 Å². The topological polar surface area (TPSA) is 26.3 Å². The van der Waals surface area contributed by atoms with E-state index in [0.717, 1.165) is 6.42 Å². The molecule has 0 fully saturated rings. The second-order valence-electron chi connectivity index (χ2n) is 5.98. The summed E-state index contributed by atoms with van der Waals surface area (Å²) in [5.74, 6) is 0.470. The van der Waals surface area contributed by atoms with Crippen LogP contribution in [0, 0.1) is 0 Å². The Bertz CT molecular complexity index is 223. The first kappa shape index (κ1) is 25.9. The average Bonchev–Trinajstić information content (AvgIpc) is 2.54. The summed E-state index contributed by atoms with van der Waals surface area (Å²) in [5.41, 5.74) is 0. The van der Waals surface area contributed by atoms with Crippen molar-refractivity contribution in [3.05, 3.63) is 0 Å². The first-order valence-corrected chi connectivity index (χ1v) is 12.3. The molecule has 23 heavy (non-hydrogen) atoms. The monoisotopic (exact) mass is 451 g/mol. The summed E-state index contributed by atoms with van der Waals surface area (Å²) in [6.45, 7) is 5.07. The number of thiol groups is 1. The fourth-order valence-corrected chi connectivity index (χ4v) is 3.31. The van der Waals surface area contributed by atoms with Crippen LogP contribution in [0.15, 0.2) is 0 Å². The van der Waals surface area contributed by atoms with Gasteiger partial charge in [-0.25, -0.2) is 0 Å². The summed E-state index contributed by atoms with van der Waals surface area (Å²) in [4.78, 5) is 11.0. The van der Waals surface area contributed by atoms with Gasteiger partial charge in [-0.1, -0.05) is 64.7 Å². The third-order valence-corrected chi connectivity index (χ3v) is 4.84. The van der Waals surface area contributed by atoms with E-state index in [-0.39, 0.29) is 5.97 Å². The zero-order valence-electron chi connectivity index (χ0n) is 15.6. The van der Waals surface area contributed by atoms with Gasteiger partial charge in [0.2, 0.25) is 0 Å². The molecule has 0 bridgehead atoms. The molecule has 0 aromatic rings. The van der Waals surface area contributed by atoms with Crippen LogP contribution >= 0.6 is 12.6 Å². The number of unbranched alkanes of at least 4 members (excludes halogenated alkanes) is 10. The van der Waals surface area contributed by atoms with Gasteiger partial charge in [-0.3, -0.25) is 4.79 Å². The molecule has 0 saturated heterocycles. The van der Waals surface area contributed by atoms with E-state index in [0.29, 0.717) is 18.8 Å². The first-order chi connectivity index (χ1) is 11.2. The number of hydrogen-bond acceptors (Lipinski definition) is 3. The maximum absolute atomic E-state index is 11.0. The van der Waals surface area contributed by atoms with Crippen LogP contribution < -0.4 is 0 Å². The van der Waals surface area contributed by atoms with Crippen molar-refractivity contribution in [1.82, 2.24) is 0 Å². The summed E-state index contributed by atoms with van der Waals surface area (Å²) < 4.78 is 6.50. The molecule has 0 amide bonds. The molecule has 0 aromatic heterocycles. The molecule has 3 radical (unpaired) electrons. The van der Waals surface area contributed by atoms with Crippen molar-refractivity contribution < 1.29 is 9.53 Å². The molecule has 0 saturated carbocycles. The van der Waals surface area contributed by atoms with Crippen molar-refractivity contribution in [1.29, 1.82) is 0 Å². The second kappa shape index (κ2) is 24.9. The van der Waals surface area contributed by atoms with Gasteiger partial charge in [-0.05, 0) is 6.42 Å². The molecular weight excluding hydrogens is 411 g/mol. The molecule has 0 N–H and O–H groups in total. The Kier molecular flexibility index (Phi) is 28.0. The van der Waals surface area contributed by atoms with Crippen molar-refractivity contribution in [2.75, 3.05) is 12.4 Å². The molecule has 0 aromatic carbocycles. The molecule has 0 spiro atoms. The van der Waals surface area contributed by atoms with Crippen molar-refractivity contribution in [3.63, 3.8) is 0 Å². The van der Waals surface area contributed by atoms with Crippen LogP contribution in [0.3, 0.4) is 0 Å². The summed E-state index contributed by atoms with van der Waals surface area (Å²) in [7, 11) is 0. The normalized spacial score (nSPS) is 10.1. The minimum absolute atomic E-state index is 0.110. The summed E-state index contributed by atoms with van der Waals surface area (Å²) in [6.07, 6.45) is 16.3. The van der Waals surface area contributed by atoms with Gasteiger partial charge >= 0.3 is 52.7 Å². The molecular formula is C19H39O2SSn. The van der Waals surface area contributed by atoms with Crippen molar-refractivity contribution >= 4 is 41.1 Å². The molecule has 137 valence electrons. The minimum atomic E-state index is -0.110. The Morgan fingerprint density at radius 1 is 0.826 bits per heavy atom. The molecule has 0 heterocycles. The zero-order chi connectivity index (χ0) is 17.6. The van der Waals surface area contributed by atoms with E-state index >= 15 is 0 Å². The molecule has 0 aliphatic heterocycles. The molecule has 0 unspecified atom stereocenters. The third-order valence-electron chi connectivity index (χ3n) is 3.61. The van der Waals surface area contributed by atoms with Crippen LogP contribution in [0.5, 0.6) is 0 Å². The Morgan fingerprint density at radius 3 is 1.70 bits per heavy atom. The number of hydrogen-bond donors (Lipinski definition) is 1. The Labute approximate surface area is 164 Å². The van der Waals surface area contributed by atoms with Crippen molar-refractivity contribution in [2.24, 2.45) is 0 Å². The fraction of sp³-hybridized carbons (Fsp3) is 0.947. The van der Waals surface area contributed by atoms with E-state index in [9.17, 15) is 4.79 Å². The summed E-state index contributed by atoms with van der Waals surface area (Å²) in [5, 5.41) is 0. The maximum atomic E-state index is 11.0. The van der Waals surface area contributed by atoms with Crippen LogP contribution in [0.4, 0.5) is 0 Å². The SMILES string of the molecule is CCCCCCCCCCCCOC(=O)CCS.CCC[CH2][Sn]. The van der Waals surface area contributed by atoms with Gasteiger partial charge in [0, 0.05) is 5.75 Å². The average molecular weight is 450 g/mol. The van der Waals surface area contributed by atoms with Gasteiger partial charge in [-0.2, -0.15) is 12.6 Å². The van der Waals surface area contributed by atoms with Crippen LogP contribution in [0.2, 0.25) is 4.44 Å². The fourth-order valence-electron chi connectivity index (χ4n) is 2.12. The van der Waals surface area contributed by atoms with Gasteiger partial charge in [0.25, 0.3) is 0 Å². The van der Waals surface area contributed by atoms with E-state index in [1.54, 1.807) is 22.5 Å². The second-order valence-corrected chi connectivity index (χ2v) is 7.85. The zero-order valence-corrected chi connectivity index (χ0v) is 19.3.